The van der Waals surface area contributed by atoms with E-state index in [0.717, 1.165) is 36.6 Å². The van der Waals surface area contributed by atoms with Gasteiger partial charge in [-0.1, -0.05) is 36.8 Å². The third-order valence-electron chi connectivity index (χ3n) is 6.05. The molecule has 4 rings (SSSR count). The lowest BCUT2D eigenvalue weighted by molar-refractivity contribution is 0.167. The summed E-state index contributed by atoms with van der Waals surface area (Å²) in [5.74, 6) is 2.30. The van der Waals surface area contributed by atoms with Crippen LogP contribution in [-0.2, 0) is 0 Å². The summed E-state index contributed by atoms with van der Waals surface area (Å²) < 4.78 is 11.1. The molecule has 0 aliphatic carbocycles. The Bertz CT molecular complexity index is 853. The van der Waals surface area contributed by atoms with Gasteiger partial charge in [-0.05, 0) is 49.7 Å². The SMILES string of the molecule is COc1ccc(C(CN=C(N)NC2CCOc3ccccc32)N2CCCCC2)cc1.I. The van der Waals surface area contributed by atoms with Crippen molar-refractivity contribution < 1.29 is 9.47 Å². The van der Waals surface area contributed by atoms with E-state index in [2.05, 4.69) is 28.4 Å². The fourth-order valence-corrected chi connectivity index (χ4v) is 4.39. The fourth-order valence-electron chi connectivity index (χ4n) is 4.39. The van der Waals surface area contributed by atoms with Gasteiger partial charge in [-0.2, -0.15) is 0 Å². The summed E-state index contributed by atoms with van der Waals surface area (Å²) in [4.78, 5) is 7.29. The van der Waals surface area contributed by atoms with Crippen LogP contribution in [0.4, 0.5) is 0 Å². The van der Waals surface area contributed by atoms with Crippen molar-refractivity contribution in [2.24, 2.45) is 10.7 Å². The van der Waals surface area contributed by atoms with Gasteiger partial charge in [0.1, 0.15) is 11.5 Å². The smallest absolute Gasteiger partial charge is 0.189 e. The van der Waals surface area contributed by atoms with Gasteiger partial charge in [0.25, 0.3) is 0 Å². The van der Waals surface area contributed by atoms with Crippen LogP contribution in [0.1, 0.15) is 48.9 Å². The van der Waals surface area contributed by atoms with Crippen LogP contribution in [0.5, 0.6) is 11.5 Å². The Morgan fingerprint density at radius 1 is 1.16 bits per heavy atom. The molecule has 1 fully saturated rings. The molecule has 6 nitrogen and oxygen atoms in total. The molecule has 1 saturated heterocycles. The van der Waals surface area contributed by atoms with Crippen LogP contribution < -0.4 is 20.5 Å². The number of halogens is 1. The predicted molar refractivity (Wildman–Crippen MR) is 135 cm³/mol. The van der Waals surface area contributed by atoms with Crippen LogP contribution in [0.25, 0.3) is 0 Å². The molecule has 0 bridgehead atoms. The van der Waals surface area contributed by atoms with E-state index in [1.165, 1.54) is 24.8 Å². The van der Waals surface area contributed by atoms with Gasteiger partial charge in [-0.25, -0.2) is 0 Å². The normalized spacial score (nSPS) is 20.0. The Morgan fingerprint density at radius 2 is 1.90 bits per heavy atom. The van der Waals surface area contributed by atoms with Crippen molar-refractivity contribution in [2.45, 2.75) is 37.8 Å². The van der Waals surface area contributed by atoms with Crippen molar-refractivity contribution in [1.82, 2.24) is 10.2 Å². The lowest BCUT2D eigenvalue weighted by Crippen LogP contribution is -2.39. The molecule has 2 aromatic carbocycles. The molecule has 3 N–H and O–H groups in total. The molecule has 7 heteroatoms. The first-order valence-electron chi connectivity index (χ1n) is 10.9. The molecule has 168 valence electrons. The number of hydrogen-bond donors (Lipinski definition) is 2. The van der Waals surface area contributed by atoms with Gasteiger partial charge in [-0.3, -0.25) is 9.89 Å². The molecular weight excluding hydrogens is 503 g/mol. The maximum Gasteiger partial charge on any atom is 0.189 e. The zero-order chi connectivity index (χ0) is 20.8. The highest BCUT2D eigenvalue weighted by molar-refractivity contribution is 14.0. The number of likely N-dealkylation sites (tertiary alicyclic amines) is 1. The number of benzene rings is 2. The van der Waals surface area contributed by atoms with Crippen molar-refractivity contribution in [3.63, 3.8) is 0 Å². The number of hydrogen-bond acceptors (Lipinski definition) is 4. The molecule has 0 aromatic heterocycles. The Hall–Kier alpha value is -2.00. The Morgan fingerprint density at radius 3 is 2.65 bits per heavy atom. The summed E-state index contributed by atoms with van der Waals surface area (Å²) in [7, 11) is 1.70. The highest BCUT2D eigenvalue weighted by Crippen LogP contribution is 2.31. The van der Waals surface area contributed by atoms with E-state index in [9.17, 15) is 0 Å². The van der Waals surface area contributed by atoms with Crippen molar-refractivity contribution in [3.8, 4) is 11.5 Å². The largest absolute Gasteiger partial charge is 0.497 e. The minimum Gasteiger partial charge on any atom is -0.497 e. The molecule has 2 aliphatic rings. The van der Waals surface area contributed by atoms with Gasteiger partial charge >= 0.3 is 0 Å². The number of methoxy groups -OCH3 is 1. The van der Waals surface area contributed by atoms with Crippen LogP contribution in [0.15, 0.2) is 53.5 Å². The van der Waals surface area contributed by atoms with E-state index < -0.39 is 0 Å². The molecule has 0 radical (unpaired) electrons. The van der Waals surface area contributed by atoms with E-state index >= 15 is 0 Å². The number of rotatable bonds is 6. The monoisotopic (exact) mass is 536 g/mol. The zero-order valence-electron chi connectivity index (χ0n) is 18.1. The van der Waals surface area contributed by atoms with Gasteiger partial charge < -0.3 is 20.5 Å². The second-order valence-electron chi connectivity index (χ2n) is 7.98. The van der Waals surface area contributed by atoms with Gasteiger partial charge in [0.15, 0.2) is 5.96 Å². The topological polar surface area (TPSA) is 72.1 Å². The van der Waals surface area contributed by atoms with E-state index in [1.807, 2.05) is 30.3 Å². The molecule has 0 spiro atoms. The number of piperidine rings is 1. The maximum absolute atomic E-state index is 6.32. The quantitative estimate of drug-likeness (QED) is 0.328. The van der Waals surface area contributed by atoms with Crippen LogP contribution >= 0.6 is 24.0 Å². The molecule has 2 heterocycles. The first kappa shape index (κ1) is 23.7. The number of ether oxygens (including phenoxy) is 2. The molecular formula is C24H33IN4O2. The molecule has 2 atom stereocenters. The van der Waals surface area contributed by atoms with Crippen LogP contribution in [-0.4, -0.2) is 44.2 Å². The Labute approximate surface area is 202 Å². The summed E-state index contributed by atoms with van der Waals surface area (Å²) in [5.41, 5.74) is 8.72. The van der Waals surface area contributed by atoms with Gasteiger partial charge in [0.2, 0.25) is 0 Å². The standard InChI is InChI=1S/C24H32N4O2.HI/c1-29-19-11-9-18(10-12-19)22(28-14-5-2-6-15-28)17-26-24(25)27-21-13-16-30-23-8-4-3-7-20(21)23;/h3-4,7-12,21-22H,2,5-6,13-17H2,1H3,(H3,25,26,27);1H. The first-order chi connectivity index (χ1) is 14.7. The van der Waals surface area contributed by atoms with E-state index in [-0.39, 0.29) is 36.1 Å². The average Bonchev–Trinajstić information content (AvgIpc) is 2.80. The number of guanidine groups is 1. The van der Waals surface area contributed by atoms with E-state index in [0.29, 0.717) is 19.1 Å². The summed E-state index contributed by atoms with van der Waals surface area (Å²) in [6.07, 6.45) is 4.66. The van der Waals surface area contributed by atoms with Crippen molar-refractivity contribution in [1.29, 1.82) is 0 Å². The molecule has 2 aromatic rings. The van der Waals surface area contributed by atoms with Gasteiger partial charge in [0.05, 0.1) is 32.3 Å². The van der Waals surface area contributed by atoms with Gasteiger partial charge in [0, 0.05) is 12.0 Å². The van der Waals surface area contributed by atoms with Crippen LogP contribution in [0.3, 0.4) is 0 Å². The number of nitrogens with two attached hydrogens (primary N) is 1. The first-order valence-corrected chi connectivity index (χ1v) is 10.9. The molecule has 0 amide bonds. The predicted octanol–water partition coefficient (Wildman–Crippen LogP) is 4.27. The van der Waals surface area contributed by atoms with Gasteiger partial charge in [-0.15, -0.1) is 24.0 Å². The number of nitrogens with one attached hydrogen (secondary N) is 1. The third-order valence-corrected chi connectivity index (χ3v) is 6.05. The summed E-state index contributed by atoms with van der Waals surface area (Å²) in [6.45, 7) is 3.53. The summed E-state index contributed by atoms with van der Waals surface area (Å²) in [6, 6.07) is 16.8. The number of para-hydroxylation sites is 1. The summed E-state index contributed by atoms with van der Waals surface area (Å²) >= 11 is 0. The second kappa shape index (κ2) is 11.6. The zero-order valence-corrected chi connectivity index (χ0v) is 20.5. The number of aliphatic imine (C=N–C) groups is 1. The lowest BCUT2D eigenvalue weighted by Gasteiger charge is -2.34. The Kier molecular flexibility index (Phi) is 8.83. The molecule has 0 saturated carbocycles. The lowest BCUT2D eigenvalue weighted by atomic mass is 10.0. The third kappa shape index (κ3) is 6.04. The number of nitrogens with zero attached hydrogens (tertiary/aromatic N) is 2. The molecule has 2 unspecified atom stereocenters. The fraction of sp³-hybridized carbons (Fsp3) is 0.458. The average molecular weight is 536 g/mol. The maximum atomic E-state index is 6.32. The van der Waals surface area contributed by atoms with E-state index in [1.54, 1.807) is 7.11 Å². The minimum absolute atomic E-state index is 0. The Balaban J connectivity index is 0.00000272. The molecule has 2 aliphatic heterocycles. The summed E-state index contributed by atoms with van der Waals surface area (Å²) in [5, 5.41) is 3.41. The van der Waals surface area contributed by atoms with Crippen LogP contribution in [0, 0.1) is 0 Å². The minimum atomic E-state index is 0. The highest BCUT2D eigenvalue weighted by Gasteiger charge is 2.24. The van der Waals surface area contributed by atoms with E-state index in [4.69, 9.17) is 20.2 Å². The second-order valence-corrected chi connectivity index (χ2v) is 7.98. The highest BCUT2D eigenvalue weighted by atomic mass is 127. The number of fused-ring (bicyclic) bond motifs is 1. The van der Waals surface area contributed by atoms with Crippen molar-refractivity contribution >= 4 is 29.9 Å². The van der Waals surface area contributed by atoms with Crippen molar-refractivity contribution in [3.05, 3.63) is 59.7 Å². The van der Waals surface area contributed by atoms with Crippen LogP contribution in [0.2, 0.25) is 0 Å². The molecule has 31 heavy (non-hydrogen) atoms. The van der Waals surface area contributed by atoms with Crippen molar-refractivity contribution in [2.75, 3.05) is 33.4 Å².